The summed E-state index contributed by atoms with van der Waals surface area (Å²) >= 11 is 0. The van der Waals surface area contributed by atoms with Crippen LogP contribution in [0, 0.1) is 38.2 Å². The van der Waals surface area contributed by atoms with E-state index in [9.17, 15) is 27.6 Å². The van der Waals surface area contributed by atoms with Crippen LogP contribution in [-0.2, 0) is 40.4 Å². The van der Waals surface area contributed by atoms with Gasteiger partial charge in [0.15, 0.2) is 51.8 Å². The number of fused-ring (bicyclic) bond motifs is 3. The first-order valence-electron chi connectivity index (χ1n) is 30.4. The normalized spacial score (nSPS) is 11.2. The molecule has 12 aromatic heterocycles. The van der Waals surface area contributed by atoms with E-state index in [0.29, 0.717) is 102 Å². The first-order valence-corrected chi connectivity index (χ1v) is 30.4. The van der Waals surface area contributed by atoms with Crippen LogP contribution in [0.5, 0.6) is 5.88 Å². The van der Waals surface area contributed by atoms with Gasteiger partial charge in [-0.15, -0.1) is 15.3 Å². The van der Waals surface area contributed by atoms with Gasteiger partial charge in [0.25, 0.3) is 0 Å². The minimum absolute atomic E-state index is 0.146. The average Bonchev–Trinajstić information content (AvgIpc) is 1.58. The maximum Gasteiger partial charge on any atom is 0.219 e. The molecule has 0 N–H and O–H groups in total. The Hall–Kier alpha value is -13.0. The Balaban J connectivity index is 0.000000132. The van der Waals surface area contributed by atoms with Crippen molar-refractivity contribution in [3.05, 3.63) is 246 Å². The predicted molar refractivity (Wildman–Crippen MR) is 353 cm³/mol. The number of rotatable bonds is 16. The van der Waals surface area contributed by atoms with E-state index in [-0.39, 0.29) is 53.3 Å². The number of methoxy groups -OCH3 is 1. The second-order valence-electron chi connectivity index (χ2n) is 22.5. The van der Waals surface area contributed by atoms with Crippen LogP contribution in [0.25, 0.3) is 84.9 Å². The summed E-state index contributed by atoms with van der Waals surface area (Å²) in [6.07, 6.45) is 15.6. The van der Waals surface area contributed by atoms with Crippen LogP contribution in [0.15, 0.2) is 178 Å². The summed E-state index contributed by atoms with van der Waals surface area (Å²) in [5.74, 6) is -0.614. The summed E-state index contributed by atoms with van der Waals surface area (Å²) in [6.45, 7) is 5.48. The van der Waals surface area contributed by atoms with Crippen LogP contribution in [0.4, 0.5) is 13.2 Å². The molecule has 0 aliphatic heterocycles. The van der Waals surface area contributed by atoms with Crippen molar-refractivity contribution in [2.45, 2.75) is 40.0 Å². The van der Waals surface area contributed by atoms with Crippen LogP contribution in [0.1, 0.15) is 65.0 Å². The van der Waals surface area contributed by atoms with Gasteiger partial charge in [0.05, 0.1) is 72.6 Å². The summed E-state index contributed by atoms with van der Waals surface area (Å²) in [5.41, 5.74) is 11.1. The minimum Gasteiger partial charge on any atom is -0.481 e. The fourth-order valence-electron chi connectivity index (χ4n) is 11.2. The predicted octanol–water partition coefficient (Wildman–Crippen LogP) is 10.4. The Bertz CT molecular complexity index is 5290. The van der Waals surface area contributed by atoms with Crippen molar-refractivity contribution in [3.63, 3.8) is 0 Å². The molecule has 98 heavy (non-hydrogen) atoms. The molecule has 0 radical (unpaired) electrons. The maximum atomic E-state index is 14.9. The Kier molecular flexibility index (Phi) is 17.7. The van der Waals surface area contributed by atoms with Crippen LogP contribution in [-0.4, -0.2) is 127 Å². The molecular weight excluding hydrogens is 1260 g/mol. The maximum absolute atomic E-state index is 14.9. The molecule has 12 heterocycles. The van der Waals surface area contributed by atoms with E-state index in [0.717, 1.165) is 22.3 Å². The zero-order chi connectivity index (χ0) is 68.3. The summed E-state index contributed by atoms with van der Waals surface area (Å²) in [4.78, 5) is 78.5. The zero-order valence-corrected chi connectivity index (χ0v) is 53.5. The molecule has 3 aromatic carbocycles. The number of aromatic nitrogens is 21. The summed E-state index contributed by atoms with van der Waals surface area (Å²) < 4.78 is 58.4. The molecule has 28 heteroatoms. The lowest BCUT2D eigenvalue weighted by Gasteiger charge is -2.10. The topological polar surface area (TPSA) is 282 Å². The molecule has 0 saturated carbocycles. The Morgan fingerprint density at radius 3 is 1.21 bits per heavy atom. The Morgan fingerprint density at radius 2 is 0.827 bits per heavy atom. The number of hydrogen-bond acceptors (Lipinski definition) is 19. The van der Waals surface area contributed by atoms with Crippen LogP contribution in [0.2, 0.25) is 0 Å². The molecule has 486 valence electrons. The van der Waals surface area contributed by atoms with Crippen molar-refractivity contribution in [1.29, 1.82) is 0 Å². The molecule has 0 bridgehead atoms. The quantitative estimate of drug-likeness (QED) is 0.0813. The second-order valence-corrected chi connectivity index (χ2v) is 22.5. The molecule has 0 spiro atoms. The van der Waals surface area contributed by atoms with E-state index in [4.69, 9.17) is 4.74 Å². The fraction of sp³-hybridized carbons (Fsp3) is 0.143. The molecule has 15 aromatic rings. The van der Waals surface area contributed by atoms with Gasteiger partial charge < -0.3 is 4.74 Å². The van der Waals surface area contributed by atoms with Gasteiger partial charge in [-0.25, -0.2) is 61.6 Å². The highest BCUT2D eigenvalue weighted by atomic mass is 19.1. The van der Waals surface area contributed by atoms with E-state index < -0.39 is 17.5 Å². The van der Waals surface area contributed by atoms with Gasteiger partial charge in [0.2, 0.25) is 5.88 Å². The molecule has 0 fully saturated rings. The lowest BCUT2D eigenvalue weighted by atomic mass is 10.0. The minimum atomic E-state index is -0.547. The number of Topliss-reactive ketones (excluding diaryl/α,β-unsaturated/α-hetero) is 3. The lowest BCUT2D eigenvalue weighted by molar-refractivity contribution is 0.0975. The zero-order valence-electron chi connectivity index (χ0n) is 53.5. The number of nitrogens with zero attached hydrogens (tertiary/aromatic N) is 21. The number of pyridine rings is 3. The standard InChI is InChI=1S/C24H20FN7O2.2C23H18FN7O/c1-14-21(26-13-27-24(14)34-3)17-11-28-31(2)22(17)19(33)9-16-10-20-29-23(15-7-5-4-6-8-15)30-32(20)12-18(16)25;1-14-10-25-13-26-21(14)17-11-27-30(2)22(17)19(32)8-16-9-20-28-23(15-6-4-3-5-7-15)29-31(20)12-18(16)24;1-14-21(26-9-8-25-14)17-12-27-30(2)22(17)19(32)10-16-11-20-28-23(15-6-4-3-5-7-15)29-31(20)13-18(16)24/h4-8,10-13H,9H2,1-3H3;3-7,9-13H,8H2,1-2H3;3-9,11-13H,10H2,1-2H3. The molecule has 0 aliphatic rings. The highest BCUT2D eigenvalue weighted by Crippen LogP contribution is 2.32. The monoisotopic (exact) mass is 1310 g/mol. The van der Waals surface area contributed by atoms with Crippen molar-refractivity contribution in [2.24, 2.45) is 21.1 Å². The van der Waals surface area contributed by atoms with Crippen molar-refractivity contribution < 1.29 is 32.3 Å². The number of ether oxygens (including phenoxy) is 1. The summed E-state index contributed by atoms with van der Waals surface area (Å²) in [6, 6.07) is 32.9. The summed E-state index contributed by atoms with van der Waals surface area (Å²) in [5, 5.41) is 25.7. The fourth-order valence-corrected chi connectivity index (χ4v) is 11.2. The highest BCUT2D eigenvalue weighted by molar-refractivity contribution is 6.03. The van der Waals surface area contributed by atoms with E-state index >= 15 is 0 Å². The molecule has 0 atom stereocenters. The molecular formula is C70H56F3N21O4. The summed E-state index contributed by atoms with van der Waals surface area (Å²) in [7, 11) is 6.53. The van der Waals surface area contributed by atoms with Gasteiger partial charge in [-0.3, -0.25) is 38.4 Å². The van der Waals surface area contributed by atoms with Crippen LogP contribution in [0.3, 0.4) is 0 Å². The van der Waals surface area contributed by atoms with Gasteiger partial charge in [0, 0.05) is 109 Å². The molecule has 15 rings (SSSR count). The van der Waals surface area contributed by atoms with Crippen molar-refractivity contribution in [2.75, 3.05) is 7.11 Å². The Labute approximate surface area is 555 Å². The molecule has 0 amide bonds. The van der Waals surface area contributed by atoms with Crippen LogP contribution >= 0.6 is 0 Å². The largest absolute Gasteiger partial charge is 0.481 e. The van der Waals surface area contributed by atoms with Crippen molar-refractivity contribution >= 4 is 34.3 Å². The average molecular weight is 1310 g/mol. The second kappa shape index (κ2) is 27.1. The number of hydrogen-bond donors (Lipinski definition) is 0. The van der Waals surface area contributed by atoms with Crippen molar-refractivity contribution in [3.8, 4) is 73.8 Å². The number of carbonyl (C=O) groups is 3. The first kappa shape index (κ1) is 63.7. The third-order valence-electron chi connectivity index (χ3n) is 16.0. The number of ketones is 3. The van der Waals surface area contributed by atoms with Crippen LogP contribution < -0.4 is 4.74 Å². The SMILES string of the molecule is COc1ncnc(-c2cnn(C)c2C(=O)Cc2cc3nc(-c4ccccc4)nn3cc2F)c1C.Cc1cncnc1-c1cnn(C)c1C(=O)Cc1cc2nc(-c3ccccc3)nn2cc1F.Cc1nccnc1-c1cnn(C)c1C(=O)Cc1cc2nc(-c3ccccc3)nn2cc1F. The van der Waals surface area contributed by atoms with E-state index in [1.165, 1.54) is 65.9 Å². The van der Waals surface area contributed by atoms with Gasteiger partial charge in [-0.1, -0.05) is 91.0 Å². The van der Waals surface area contributed by atoms with Gasteiger partial charge in [-0.05, 0) is 44.5 Å². The number of benzene rings is 3. The van der Waals surface area contributed by atoms with E-state index in [2.05, 4.69) is 75.4 Å². The highest BCUT2D eigenvalue weighted by Gasteiger charge is 2.27. The van der Waals surface area contributed by atoms with E-state index in [1.54, 1.807) is 83.4 Å². The lowest BCUT2D eigenvalue weighted by Crippen LogP contribution is -2.13. The number of aryl methyl sites for hydroxylation is 5. The molecule has 0 aliphatic carbocycles. The van der Waals surface area contributed by atoms with Crippen molar-refractivity contribution in [1.82, 2.24) is 103 Å². The first-order chi connectivity index (χ1) is 47.5. The number of halogens is 3. The molecule has 0 unspecified atom stereocenters. The third-order valence-corrected chi connectivity index (χ3v) is 16.0. The van der Waals surface area contributed by atoms with E-state index in [1.807, 2.05) is 105 Å². The van der Waals surface area contributed by atoms with Gasteiger partial charge in [0.1, 0.15) is 47.2 Å². The van der Waals surface area contributed by atoms with Gasteiger partial charge in [-0.2, -0.15) is 15.3 Å². The van der Waals surface area contributed by atoms with Gasteiger partial charge >= 0.3 is 0 Å². The smallest absolute Gasteiger partial charge is 0.219 e. The molecule has 25 nitrogen and oxygen atoms in total. The molecule has 0 saturated heterocycles. The Morgan fingerprint density at radius 1 is 0.449 bits per heavy atom. The number of carbonyl (C=O) groups excluding carboxylic acids is 3. The third kappa shape index (κ3) is 12.9.